The van der Waals surface area contributed by atoms with Gasteiger partial charge in [0, 0.05) is 31.2 Å². The lowest BCUT2D eigenvalue weighted by molar-refractivity contribution is 0.0670. The number of benzene rings is 1. The zero-order chi connectivity index (χ0) is 22.0. The second-order valence-corrected chi connectivity index (χ2v) is 9.31. The summed E-state index contributed by atoms with van der Waals surface area (Å²) in [7, 11) is 1.74. The molecule has 1 aromatic carbocycles. The fourth-order valence-electron chi connectivity index (χ4n) is 5.81. The second kappa shape index (κ2) is 6.85. The first-order chi connectivity index (χ1) is 15.4. The number of aromatic amines is 1. The third-order valence-electron chi connectivity index (χ3n) is 7.21. The van der Waals surface area contributed by atoms with Crippen molar-refractivity contribution in [3.05, 3.63) is 50.9 Å². The highest BCUT2D eigenvalue weighted by molar-refractivity contribution is 6.05. The first kappa shape index (κ1) is 19.4. The molecule has 1 amide bonds. The summed E-state index contributed by atoms with van der Waals surface area (Å²) in [5, 5.41) is 3.09. The van der Waals surface area contributed by atoms with Crippen molar-refractivity contribution in [3.8, 4) is 11.5 Å². The van der Waals surface area contributed by atoms with E-state index in [2.05, 4.69) is 16.1 Å². The highest BCUT2D eigenvalue weighted by Crippen LogP contribution is 2.49. The van der Waals surface area contributed by atoms with Crippen LogP contribution in [0.15, 0.2) is 23.0 Å². The molecular formula is C24H26N4O4. The Balaban J connectivity index is 1.47. The average molecular weight is 434 g/mol. The molecule has 1 fully saturated rings. The van der Waals surface area contributed by atoms with Crippen LogP contribution < -0.4 is 15.0 Å². The van der Waals surface area contributed by atoms with Crippen molar-refractivity contribution in [2.75, 3.05) is 19.8 Å². The Labute approximate surface area is 185 Å². The van der Waals surface area contributed by atoms with Crippen molar-refractivity contribution in [2.24, 2.45) is 7.05 Å². The van der Waals surface area contributed by atoms with Crippen molar-refractivity contribution in [2.45, 2.75) is 44.6 Å². The summed E-state index contributed by atoms with van der Waals surface area (Å²) in [5.74, 6) is 1.44. The molecule has 1 N–H and O–H groups in total. The number of nitrogens with one attached hydrogen (secondary N) is 1. The molecule has 8 nitrogen and oxygen atoms in total. The van der Waals surface area contributed by atoms with Crippen LogP contribution in [-0.4, -0.2) is 45.3 Å². The van der Waals surface area contributed by atoms with Gasteiger partial charge in [-0.3, -0.25) is 19.4 Å². The zero-order valence-electron chi connectivity index (χ0n) is 18.4. The number of hydrogen-bond donors (Lipinski definition) is 1. The monoisotopic (exact) mass is 434 g/mol. The smallest absolute Gasteiger partial charge is 0.274 e. The number of rotatable bonds is 1. The molecule has 4 heterocycles. The highest BCUT2D eigenvalue weighted by atomic mass is 16.6. The molecule has 0 saturated heterocycles. The van der Waals surface area contributed by atoms with Gasteiger partial charge in [-0.2, -0.15) is 0 Å². The number of aryl methyl sites for hydroxylation is 2. The number of fused-ring (bicyclic) bond motifs is 4. The molecule has 8 heteroatoms. The predicted octanol–water partition coefficient (Wildman–Crippen LogP) is 2.81. The second-order valence-electron chi connectivity index (χ2n) is 9.31. The maximum absolute atomic E-state index is 13.8. The van der Waals surface area contributed by atoms with E-state index in [1.807, 2.05) is 17.9 Å². The van der Waals surface area contributed by atoms with E-state index in [-0.39, 0.29) is 16.9 Å². The number of carbonyl (C=O) groups excluding carboxylic acids is 1. The van der Waals surface area contributed by atoms with Gasteiger partial charge in [0.2, 0.25) is 0 Å². The van der Waals surface area contributed by atoms with Crippen LogP contribution in [0, 0.1) is 6.92 Å². The van der Waals surface area contributed by atoms with E-state index in [0.29, 0.717) is 48.6 Å². The summed E-state index contributed by atoms with van der Waals surface area (Å²) in [5.41, 5.74) is 3.67. The fraction of sp³-hybridized carbons (Fsp3) is 0.458. The third kappa shape index (κ3) is 2.78. The molecule has 0 radical (unpaired) electrons. The molecule has 0 unspecified atom stereocenters. The van der Waals surface area contributed by atoms with Gasteiger partial charge in [-0.25, -0.2) is 4.98 Å². The molecule has 1 saturated carbocycles. The predicted molar refractivity (Wildman–Crippen MR) is 118 cm³/mol. The molecule has 2 aromatic heterocycles. The lowest BCUT2D eigenvalue weighted by Crippen LogP contribution is -2.47. The van der Waals surface area contributed by atoms with Crippen molar-refractivity contribution in [1.82, 2.24) is 19.7 Å². The average Bonchev–Trinajstić information content (AvgIpc) is 3.36. The van der Waals surface area contributed by atoms with Gasteiger partial charge in [0.05, 0.1) is 10.9 Å². The molecule has 6 rings (SSSR count). The molecule has 0 atom stereocenters. The van der Waals surface area contributed by atoms with Gasteiger partial charge < -0.3 is 14.4 Å². The van der Waals surface area contributed by atoms with Crippen molar-refractivity contribution in [1.29, 1.82) is 0 Å². The van der Waals surface area contributed by atoms with Crippen molar-refractivity contribution < 1.29 is 14.3 Å². The maximum atomic E-state index is 13.8. The van der Waals surface area contributed by atoms with Gasteiger partial charge in [0.1, 0.15) is 13.2 Å². The zero-order valence-corrected chi connectivity index (χ0v) is 18.4. The van der Waals surface area contributed by atoms with Crippen LogP contribution in [0.5, 0.6) is 11.5 Å². The minimum absolute atomic E-state index is 0.0800. The quantitative estimate of drug-likeness (QED) is 0.636. The first-order valence-corrected chi connectivity index (χ1v) is 11.2. The van der Waals surface area contributed by atoms with Crippen LogP contribution in [0.1, 0.15) is 52.9 Å². The Kier molecular flexibility index (Phi) is 4.15. The summed E-state index contributed by atoms with van der Waals surface area (Å²) in [6.07, 6.45) is 4.38. The van der Waals surface area contributed by atoms with Gasteiger partial charge in [-0.1, -0.05) is 12.8 Å². The van der Waals surface area contributed by atoms with Crippen molar-refractivity contribution >= 4 is 16.9 Å². The molecule has 1 spiro atoms. The van der Waals surface area contributed by atoms with Gasteiger partial charge >= 0.3 is 0 Å². The van der Waals surface area contributed by atoms with Gasteiger partial charge in [0.15, 0.2) is 17.1 Å². The Hall–Kier alpha value is -3.29. The standard InChI is InChI=1S/C24H26N4O4/c1-14-9-16(20-21(25-14)27(2)26-22(20)29)23(30)28-12-15-10-18-19(32-8-7-31-18)11-17(15)24(13-28)5-3-4-6-24/h9-11H,3-8,12-13H2,1-2H3,(H,26,29). The lowest BCUT2D eigenvalue weighted by Gasteiger charge is -2.43. The number of H-pyrrole nitrogens is 1. The van der Waals surface area contributed by atoms with Crippen LogP contribution >= 0.6 is 0 Å². The van der Waals surface area contributed by atoms with E-state index >= 15 is 0 Å². The number of aromatic nitrogens is 3. The molecule has 3 aromatic rings. The topological polar surface area (TPSA) is 89.5 Å². The van der Waals surface area contributed by atoms with E-state index in [9.17, 15) is 9.59 Å². The summed E-state index contributed by atoms with van der Waals surface area (Å²) < 4.78 is 13.3. The summed E-state index contributed by atoms with van der Waals surface area (Å²) in [6, 6.07) is 5.93. The van der Waals surface area contributed by atoms with E-state index in [1.54, 1.807) is 17.8 Å². The van der Waals surface area contributed by atoms with Crippen LogP contribution in [0.4, 0.5) is 0 Å². The Morgan fingerprint density at radius 2 is 1.84 bits per heavy atom. The summed E-state index contributed by atoms with van der Waals surface area (Å²) in [4.78, 5) is 32.8. The van der Waals surface area contributed by atoms with E-state index < -0.39 is 0 Å². The minimum atomic E-state index is -0.286. The SMILES string of the molecule is Cc1cc(C(=O)N2Cc3cc4c(cc3C3(CCCC3)C2)OCCO4)c2c(=O)[nH]n(C)c2n1. The van der Waals surface area contributed by atoms with Crippen LogP contribution in [0.25, 0.3) is 11.0 Å². The third-order valence-corrected chi connectivity index (χ3v) is 7.21. The number of amides is 1. The van der Waals surface area contributed by atoms with E-state index in [1.165, 1.54) is 5.56 Å². The molecule has 166 valence electrons. The normalized spacial score (nSPS) is 18.9. The molecule has 2 aliphatic heterocycles. The number of ether oxygens (including phenoxy) is 2. The number of nitrogens with zero attached hydrogens (tertiary/aromatic N) is 3. The molecular weight excluding hydrogens is 408 g/mol. The number of pyridine rings is 1. The van der Waals surface area contributed by atoms with Gasteiger partial charge in [-0.15, -0.1) is 0 Å². The van der Waals surface area contributed by atoms with Gasteiger partial charge in [-0.05, 0) is 49.1 Å². The summed E-state index contributed by atoms with van der Waals surface area (Å²) in [6.45, 7) is 4.07. The minimum Gasteiger partial charge on any atom is -0.486 e. The Morgan fingerprint density at radius 3 is 2.59 bits per heavy atom. The highest BCUT2D eigenvalue weighted by Gasteiger charge is 2.44. The van der Waals surface area contributed by atoms with E-state index in [4.69, 9.17) is 9.47 Å². The van der Waals surface area contributed by atoms with Crippen LogP contribution in [0.3, 0.4) is 0 Å². The van der Waals surface area contributed by atoms with E-state index in [0.717, 1.165) is 42.7 Å². The van der Waals surface area contributed by atoms with Crippen LogP contribution in [-0.2, 0) is 19.0 Å². The molecule has 1 aliphatic carbocycles. The van der Waals surface area contributed by atoms with Crippen molar-refractivity contribution in [3.63, 3.8) is 0 Å². The Morgan fingerprint density at radius 1 is 1.12 bits per heavy atom. The first-order valence-electron chi connectivity index (χ1n) is 11.2. The fourth-order valence-corrected chi connectivity index (χ4v) is 5.81. The Bertz CT molecular complexity index is 1320. The lowest BCUT2D eigenvalue weighted by atomic mass is 9.73. The maximum Gasteiger partial charge on any atom is 0.274 e. The molecule has 3 aliphatic rings. The summed E-state index contributed by atoms with van der Waals surface area (Å²) >= 11 is 0. The van der Waals surface area contributed by atoms with Gasteiger partial charge in [0.25, 0.3) is 11.5 Å². The van der Waals surface area contributed by atoms with Crippen LogP contribution in [0.2, 0.25) is 0 Å². The number of hydrogen-bond acceptors (Lipinski definition) is 5. The molecule has 32 heavy (non-hydrogen) atoms. The molecule has 0 bridgehead atoms. The largest absolute Gasteiger partial charge is 0.486 e. The number of carbonyl (C=O) groups is 1.